The number of rotatable bonds is 8. The Kier molecular flexibility index (Phi) is 8.75. The van der Waals surface area contributed by atoms with Crippen molar-refractivity contribution in [3.8, 4) is 5.75 Å². The average Bonchev–Trinajstić information content (AvgIpc) is 2.64. The summed E-state index contributed by atoms with van der Waals surface area (Å²) < 4.78 is 5.47. The highest BCUT2D eigenvalue weighted by Gasteiger charge is 2.19. The molecule has 1 saturated heterocycles. The van der Waals surface area contributed by atoms with Crippen molar-refractivity contribution in [2.75, 3.05) is 39.8 Å². The maximum absolute atomic E-state index is 5.47. The summed E-state index contributed by atoms with van der Waals surface area (Å²) in [5, 5.41) is 7.01. The highest BCUT2D eigenvalue weighted by atomic mass is 16.5. The summed E-state index contributed by atoms with van der Waals surface area (Å²) in [7, 11) is 1.73. The molecular weight excluding hydrogens is 324 g/mol. The fourth-order valence-corrected chi connectivity index (χ4v) is 3.52. The van der Waals surface area contributed by atoms with E-state index in [4.69, 9.17) is 9.73 Å². The predicted octanol–water partition coefficient (Wildman–Crippen LogP) is 2.98. The zero-order valence-electron chi connectivity index (χ0n) is 17.0. The molecule has 2 N–H and O–H groups in total. The first kappa shape index (κ1) is 20.6. The lowest BCUT2D eigenvalue weighted by atomic mass is 10.1. The SMILES string of the molecule is CCCN1CCC(NC(=NCCc2cc(C)ccc2OC)NCC)CC1. The van der Waals surface area contributed by atoms with Gasteiger partial charge < -0.3 is 20.3 Å². The van der Waals surface area contributed by atoms with Crippen molar-refractivity contribution in [1.29, 1.82) is 0 Å². The molecule has 0 bridgehead atoms. The van der Waals surface area contributed by atoms with Gasteiger partial charge in [-0.1, -0.05) is 24.6 Å². The van der Waals surface area contributed by atoms with Crippen molar-refractivity contribution >= 4 is 5.96 Å². The predicted molar refractivity (Wildman–Crippen MR) is 110 cm³/mol. The van der Waals surface area contributed by atoms with Gasteiger partial charge in [0.05, 0.1) is 7.11 Å². The van der Waals surface area contributed by atoms with Gasteiger partial charge in [0.2, 0.25) is 0 Å². The zero-order valence-corrected chi connectivity index (χ0v) is 17.0. The third-order valence-electron chi connectivity index (χ3n) is 4.90. The smallest absolute Gasteiger partial charge is 0.191 e. The Morgan fingerprint density at radius 1 is 1.27 bits per heavy atom. The normalized spacial score (nSPS) is 16.5. The highest BCUT2D eigenvalue weighted by Crippen LogP contribution is 2.20. The maximum Gasteiger partial charge on any atom is 0.191 e. The number of nitrogens with one attached hydrogen (secondary N) is 2. The van der Waals surface area contributed by atoms with Crippen LogP contribution in [0.25, 0.3) is 0 Å². The van der Waals surface area contributed by atoms with Gasteiger partial charge in [-0.15, -0.1) is 0 Å². The molecule has 0 atom stereocenters. The molecule has 1 aliphatic rings. The number of ether oxygens (including phenoxy) is 1. The summed E-state index contributed by atoms with van der Waals surface area (Å²) in [5.41, 5.74) is 2.48. The number of hydrogen-bond acceptors (Lipinski definition) is 3. The first-order valence-corrected chi connectivity index (χ1v) is 10.1. The lowest BCUT2D eigenvalue weighted by molar-refractivity contribution is 0.206. The molecule has 1 aliphatic heterocycles. The van der Waals surface area contributed by atoms with Crippen molar-refractivity contribution in [1.82, 2.24) is 15.5 Å². The summed E-state index contributed by atoms with van der Waals surface area (Å²) in [5.74, 6) is 1.89. The molecule has 0 aromatic heterocycles. The van der Waals surface area contributed by atoms with E-state index in [1.807, 2.05) is 6.07 Å². The number of guanidine groups is 1. The zero-order chi connectivity index (χ0) is 18.8. The molecule has 0 saturated carbocycles. The molecule has 1 fully saturated rings. The maximum atomic E-state index is 5.47. The number of aryl methyl sites for hydroxylation is 1. The molecule has 0 spiro atoms. The van der Waals surface area contributed by atoms with E-state index in [2.05, 4.69) is 48.4 Å². The van der Waals surface area contributed by atoms with Crippen molar-refractivity contribution in [2.45, 2.75) is 52.5 Å². The molecular formula is C21H36N4O. The molecule has 0 unspecified atom stereocenters. The van der Waals surface area contributed by atoms with E-state index < -0.39 is 0 Å². The Bertz CT molecular complexity index is 565. The number of benzene rings is 1. The summed E-state index contributed by atoms with van der Waals surface area (Å²) in [6.07, 6.45) is 4.51. The van der Waals surface area contributed by atoms with Crippen LogP contribution in [0, 0.1) is 6.92 Å². The van der Waals surface area contributed by atoms with E-state index in [1.54, 1.807) is 7.11 Å². The molecule has 1 aromatic rings. The van der Waals surface area contributed by atoms with Crippen LogP contribution >= 0.6 is 0 Å². The van der Waals surface area contributed by atoms with Crippen molar-refractivity contribution in [2.24, 2.45) is 4.99 Å². The monoisotopic (exact) mass is 360 g/mol. The fourth-order valence-electron chi connectivity index (χ4n) is 3.52. The minimum absolute atomic E-state index is 0.523. The van der Waals surface area contributed by atoms with Crippen molar-refractivity contribution < 1.29 is 4.74 Å². The number of hydrogen-bond donors (Lipinski definition) is 2. The van der Waals surface area contributed by atoms with Gasteiger partial charge in [0.25, 0.3) is 0 Å². The van der Waals surface area contributed by atoms with E-state index in [0.717, 1.165) is 31.2 Å². The van der Waals surface area contributed by atoms with Crippen LogP contribution in [0.1, 0.15) is 44.2 Å². The molecule has 5 nitrogen and oxygen atoms in total. The molecule has 5 heteroatoms. The summed E-state index contributed by atoms with van der Waals surface area (Å²) in [4.78, 5) is 7.35. The van der Waals surface area contributed by atoms with E-state index in [0.29, 0.717) is 6.04 Å². The quantitative estimate of drug-likeness (QED) is 0.553. The Labute approximate surface area is 159 Å². The van der Waals surface area contributed by atoms with Crippen molar-refractivity contribution in [3.63, 3.8) is 0 Å². The fraction of sp³-hybridized carbons (Fsp3) is 0.667. The Balaban J connectivity index is 1.88. The minimum atomic E-state index is 0.523. The van der Waals surface area contributed by atoms with Gasteiger partial charge in [0, 0.05) is 32.2 Å². The third kappa shape index (κ3) is 6.52. The van der Waals surface area contributed by atoms with Crippen molar-refractivity contribution in [3.05, 3.63) is 29.3 Å². The standard InChI is InChI=1S/C21H36N4O/c1-5-13-25-14-10-19(11-15-25)24-21(22-6-2)23-12-9-18-16-17(3)7-8-20(18)26-4/h7-8,16,19H,5-6,9-15H2,1-4H3,(H2,22,23,24). The van der Waals surface area contributed by atoms with Crippen LogP contribution in [-0.4, -0.2) is 56.7 Å². The van der Waals surface area contributed by atoms with Gasteiger partial charge in [-0.05, 0) is 57.7 Å². The first-order chi connectivity index (χ1) is 12.7. The second-order valence-electron chi connectivity index (χ2n) is 7.09. The largest absolute Gasteiger partial charge is 0.496 e. The van der Waals surface area contributed by atoms with Crippen LogP contribution < -0.4 is 15.4 Å². The molecule has 0 radical (unpaired) electrons. The number of methoxy groups -OCH3 is 1. The van der Waals surface area contributed by atoms with Crippen LogP contribution in [0.4, 0.5) is 0 Å². The molecule has 26 heavy (non-hydrogen) atoms. The summed E-state index contributed by atoms with van der Waals surface area (Å²) in [6, 6.07) is 6.84. The second kappa shape index (κ2) is 11.1. The average molecular weight is 361 g/mol. The van der Waals surface area contributed by atoms with E-state index in [1.165, 1.54) is 50.0 Å². The van der Waals surface area contributed by atoms with Gasteiger partial charge >= 0.3 is 0 Å². The number of aliphatic imine (C=N–C) groups is 1. The molecule has 1 aromatic carbocycles. The number of likely N-dealkylation sites (tertiary alicyclic amines) is 1. The number of nitrogens with zero attached hydrogens (tertiary/aromatic N) is 2. The summed E-state index contributed by atoms with van der Waals surface area (Å²) in [6.45, 7) is 11.7. The Morgan fingerprint density at radius 3 is 2.69 bits per heavy atom. The van der Waals surface area contributed by atoms with Gasteiger partial charge in [-0.25, -0.2) is 0 Å². The van der Waals surface area contributed by atoms with Gasteiger partial charge in [0.1, 0.15) is 5.75 Å². The molecule has 2 rings (SSSR count). The van der Waals surface area contributed by atoms with E-state index >= 15 is 0 Å². The second-order valence-corrected chi connectivity index (χ2v) is 7.09. The van der Waals surface area contributed by atoms with Crippen LogP contribution in [0.2, 0.25) is 0 Å². The van der Waals surface area contributed by atoms with Gasteiger partial charge in [-0.3, -0.25) is 4.99 Å². The Morgan fingerprint density at radius 2 is 2.04 bits per heavy atom. The molecule has 0 amide bonds. The summed E-state index contributed by atoms with van der Waals surface area (Å²) >= 11 is 0. The highest BCUT2D eigenvalue weighted by molar-refractivity contribution is 5.80. The van der Waals surface area contributed by atoms with Crippen LogP contribution in [0.15, 0.2) is 23.2 Å². The van der Waals surface area contributed by atoms with E-state index in [9.17, 15) is 0 Å². The van der Waals surface area contributed by atoms with Crippen LogP contribution in [0.3, 0.4) is 0 Å². The van der Waals surface area contributed by atoms with E-state index in [-0.39, 0.29) is 0 Å². The number of piperidine rings is 1. The molecule has 146 valence electrons. The minimum Gasteiger partial charge on any atom is -0.496 e. The molecule has 1 heterocycles. The van der Waals surface area contributed by atoms with Gasteiger partial charge in [0.15, 0.2) is 5.96 Å². The lowest BCUT2D eigenvalue weighted by Gasteiger charge is -2.32. The third-order valence-corrected chi connectivity index (χ3v) is 4.90. The first-order valence-electron chi connectivity index (χ1n) is 10.1. The van der Waals surface area contributed by atoms with Gasteiger partial charge in [-0.2, -0.15) is 0 Å². The topological polar surface area (TPSA) is 48.9 Å². The Hall–Kier alpha value is -1.75. The molecule has 0 aliphatic carbocycles. The lowest BCUT2D eigenvalue weighted by Crippen LogP contribution is -2.48. The van der Waals surface area contributed by atoms with Crippen LogP contribution in [0.5, 0.6) is 5.75 Å². The van der Waals surface area contributed by atoms with Crippen LogP contribution in [-0.2, 0) is 6.42 Å².